The number of hydrogen-bond acceptors (Lipinski definition) is 2. The molecule has 2 nitrogen and oxygen atoms in total. The number of fused-ring (bicyclic) bond motifs is 1. The highest BCUT2D eigenvalue weighted by atomic mass is 16.3. The maximum Gasteiger partial charge on any atom is 0.0802 e. The summed E-state index contributed by atoms with van der Waals surface area (Å²) in [6.45, 7) is 0. The Morgan fingerprint density at radius 1 is 0.750 bits per heavy atom. The Hall–Kier alpha value is -0.0800. The van der Waals surface area contributed by atoms with Gasteiger partial charge < -0.3 is 10.2 Å². The fourth-order valence-electron chi connectivity index (χ4n) is 2.84. The molecule has 0 heterocycles. The third-order valence-electron chi connectivity index (χ3n) is 3.60. The number of rotatable bonds is 0. The van der Waals surface area contributed by atoms with E-state index in [-0.39, 0.29) is 0 Å². The molecule has 2 fully saturated rings. The third kappa shape index (κ3) is 1.50. The van der Waals surface area contributed by atoms with Gasteiger partial charge in [-0.25, -0.2) is 0 Å². The second kappa shape index (κ2) is 3.35. The summed E-state index contributed by atoms with van der Waals surface area (Å²) in [7, 11) is 0. The summed E-state index contributed by atoms with van der Waals surface area (Å²) in [5, 5.41) is 18.9. The van der Waals surface area contributed by atoms with Gasteiger partial charge in [0.1, 0.15) is 0 Å². The molecule has 4 atom stereocenters. The first-order valence-corrected chi connectivity index (χ1v) is 5.13. The van der Waals surface area contributed by atoms with Crippen molar-refractivity contribution in [2.75, 3.05) is 0 Å². The average molecular weight is 170 g/mol. The van der Waals surface area contributed by atoms with E-state index in [1.165, 1.54) is 25.7 Å². The summed E-state index contributed by atoms with van der Waals surface area (Å²) in [4.78, 5) is 0. The van der Waals surface area contributed by atoms with Crippen LogP contribution in [0.25, 0.3) is 0 Å². The summed E-state index contributed by atoms with van der Waals surface area (Å²) in [5.74, 6) is 1.41. The standard InChI is InChI=1S/C10H18O2/c11-9-5-7-3-1-2-4-8(7)6-10(9)12/h7-12H,1-6H2/t7-,8+,9-,10+. The Kier molecular flexibility index (Phi) is 2.37. The monoisotopic (exact) mass is 170 g/mol. The first-order chi connectivity index (χ1) is 5.77. The Labute approximate surface area is 73.6 Å². The first kappa shape index (κ1) is 8.52. The van der Waals surface area contributed by atoms with Crippen molar-refractivity contribution in [2.24, 2.45) is 11.8 Å². The molecule has 0 aromatic heterocycles. The highest BCUT2D eigenvalue weighted by Crippen LogP contribution is 2.40. The molecule has 12 heavy (non-hydrogen) atoms. The highest BCUT2D eigenvalue weighted by molar-refractivity contribution is 4.87. The van der Waals surface area contributed by atoms with E-state index >= 15 is 0 Å². The van der Waals surface area contributed by atoms with E-state index in [9.17, 15) is 10.2 Å². The lowest BCUT2D eigenvalue weighted by Crippen LogP contribution is -2.40. The molecule has 2 N–H and O–H groups in total. The van der Waals surface area contributed by atoms with E-state index in [1.807, 2.05) is 0 Å². The number of aliphatic hydroxyl groups is 2. The predicted molar refractivity (Wildman–Crippen MR) is 46.7 cm³/mol. The van der Waals surface area contributed by atoms with E-state index in [4.69, 9.17) is 0 Å². The van der Waals surface area contributed by atoms with Crippen LogP contribution in [0.15, 0.2) is 0 Å². The lowest BCUT2D eigenvalue weighted by atomic mass is 9.69. The van der Waals surface area contributed by atoms with Crippen LogP contribution in [0, 0.1) is 11.8 Å². The molecular weight excluding hydrogens is 152 g/mol. The van der Waals surface area contributed by atoms with Crippen LogP contribution >= 0.6 is 0 Å². The molecular formula is C10H18O2. The van der Waals surface area contributed by atoms with Crippen molar-refractivity contribution >= 4 is 0 Å². The minimum absolute atomic E-state index is 0.440. The summed E-state index contributed by atoms with van der Waals surface area (Å²) in [5.41, 5.74) is 0. The van der Waals surface area contributed by atoms with Gasteiger partial charge in [0, 0.05) is 0 Å². The van der Waals surface area contributed by atoms with Crippen LogP contribution < -0.4 is 0 Å². The second-order valence-corrected chi connectivity index (χ2v) is 4.41. The van der Waals surface area contributed by atoms with Crippen molar-refractivity contribution in [3.05, 3.63) is 0 Å². The van der Waals surface area contributed by atoms with Gasteiger partial charge in [-0.3, -0.25) is 0 Å². The average Bonchev–Trinajstić information content (AvgIpc) is 2.07. The lowest BCUT2D eigenvalue weighted by molar-refractivity contribution is -0.0566. The van der Waals surface area contributed by atoms with Crippen LogP contribution in [0.2, 0.25) is 0 Å². The molecule has 0 aromatic carbocycles. The van der Waals surface area contributed by atoms with E-state index in [0.29, 0.717) is 11.8 Å². The normalized spacial score (nSPS) is 48.5. The SMILES string of the molecule is O[C@@H]1C[C@H]2CCCC[C@H]2C[C@@H]1O. The Morgan fingerprint density at radius 2 is 1.17 bits per heavy atom. The summed E-state index contributed by atoms with van der Waals surface area (Å²) >= 11 is 0. The zero-order chi connectivity index (χ0) is 8.55. The van der Waals surface area contributed by atoms with Crippen molar-refractivity contribution in [1.82, 2.24) is 0 Å². The van der Waals surface area contributed by atoms with Gasteiger partial charge in [-0.05, 0) is 24.7 Å². The van der Waals surface area contributed by atoms with E-state index in [2.05, 4.69) is 0 Å². The molecule has 0 spiro atoms. The summed E-state index contributed by atoms with van der Waals surface area (Å²) in [6, 6.07) is 0. The molecule has 2 heteroatoms. The van der Waals surface area contributed by atoms with E-state index in [1.54, 1.807) is 0 Å². The van der Waals surface area contributed by atoms with Crippen LogP contribution in [-0.4, -0.2) is 22.4 Å². The first-order valence-electron chi connectivity index (χ1n) is 5.13. The Morgan fingerprint density at radius 3 is 1.58 bits per heavy atom. The Bertz CT molecular complexity index is 140. The molecule has 0 saturated heterocycles. The number of aliphatic hydroxyl groups excluding tert-OH is 2. The molecule has 2 rings (SSSR count). The number of hydrogen-bond donors (Lipinski definition) is 2. The van der Waals surface area contributed by atoms with Crippen LogP contribution in [0.1, 0.15) is 38.5 Å². The van der Waals surface area contributed by atoms with Crippen molar-refractivity contribution in [1.29, 1.82) is 0 Å². The van der Waals surface area contributed by atoms with Gasteiger partial charge in [0.2, 0.25) is 0 Å². The zero-order valence-corrected chi connectivity index (χ0v) is 7.45. The molecule has 70 valence electrons. The van der Waals surface area contributed by atoms with Gasteiger partial charge in [0.15, 0.2) is 0 Å². The molecule has 0 bridgehead atoms. The Balaban J connectivity index is 1.98. The zero-order valence-electron chi connectivity index (χ0n) is 7.45. The van der Waals surface area contributed by atoms with Gasteiger partial charge in [-0.2, -0.15) is 0 Å². The topological polar surface area (TPSA) is 40.5 Å². The van der Waals surface area contributed by atoms with E-state index in [0.717, 1.165) is 12.8 Å². The quantitative estimate of drug-likeness (QED) is 0.575. The van der Waals surface area contributed by atoms with Gasteiger partial charge in [0.05, 0.1) is 12.2 Å². The van der Waals surface area contributed by atoms with Crippen molar-refractivity contribution in [3.63, 3.8) is 0 Å². The predicted octanol–water partition coefficient (Wildman–Crippen LogP) is 1.31. The summed E-state index contributed by atoms with van der Waals surface area (Å²) < 4.78 is 0. The molecule has 2 saturated carbocycles. The molecule has 0 amide bonds. The third-order valence-corrected chi connectivity index (χ3v) is 3.60. The molecule has 2 aliphatic carbocycles. The molecule has 0 aliphatic heterocycles. The molecule has 0 aromatic rings. The fourth-order valence-corrected chi connectivity index (χ4v) is 2.84. The van der Waals surface area contributed by atoms with Gasteiger partial charge in [-0.1, -0.05) is 25.7 Å². The van der Waals surface area contributed by atoms with E-state index < -0.39 is 12.2 Å². The van der Waals surface area contributed by atoms with Crippen LogP contribution in [0.3, 0.4) is 0 Å². The molecule has 2 aliphatic rings. The lowest BCUT2D eigenvalue weighted by Gasteiger charge is -2.40. The van der Waals surface area contributed by atoms with Crippen LogP contribution in [0.5, 0.6) is 0 Å². The highest BCUT2D eigenvalue weighted by Gasteiger charge is 2.36. The fraction of sp³-hybridized carbons (Fsp3) is 1.00. The minimum Gasteiger partial charge on any atom is -0.390 e. The van der Waals surface area contributed by atoms with Gasteiger partial charge in [-0.15, -0.1) is 0 Å². The summed E-state index contributed by atoms with van der Waals surface area (Å²) in [6.07, 6.45) is 5.99. The van der Waals surface area contributed by atoms with Gasteiger partial charge in [0.25, 0.3) is 0 Å². The van der Waals surface area contributed by atoms with Crippen molar-refractivity contribution in [3.8, 4) is 0 Å². The molecule has 0 unspecified atom stereocenters. The van der Waals surface area contributed by atoms with Crippen LogP contribution in [0.4, 0.5) is 0 Å². The second-order valence-electron chi connectivity index (χ2n) is 4.41. The van der Waals surface area contributed by atoms with Crippen LogP contribution in [-0.2, 0) is 0 Å². The van der Waals surface area contributed by atoms with Gasteiger partial charge >= 0.3 is 0 Å². The minimum atomic E-state index is -0.440. The largest absolute Gasteiger partial charge is 0.390 e. The molecule has 0 radical (unpaired) electrons. The maximum absolute atomic E-state index is 9.47. The van der Waals surface area contributed by atoms with Crippen molar-refractivity contribution in [2.45, 2.75) is 50.7 Å². The van der Waals surface area contributed by atoms with Crippen molar-refractivity contribution < 1.29 is 10.2 Å². The maximum atomic E-state index is 9.47. The smallest absolute Gasteiger partial charge is 0.0802 e.